The van der Waals surface area contributed by atoms with Crippen LogP contribution < -0.4 is 10.1 Å². The Morgan fingerprint density at radius 1 is 1.32 bits per heavy atom. The van der Waals surface area contributed by atoms with Gasteiger partial charge in [-0.25, -0.2) is 4.98 Å². The largest absolute Gasteiger partial charge is 0.478 e. The number of halogens is 1. The lowest BCUT2D eigenvalue weighted by Crippen LogP contribution is -2.22. The molecule has 0 atom stereocenters. The van der Waals surface area contributed by atoms with Gasteiger partial charge in [-0.1, -0.05) is 46.2 Å². The SMILES string of the molecule is CC(C)NCc1nc(OCCC(C)(C)C)ccc1Cl. The van der Waals surface area contributed by atoms with Gasteiger partial charge in [-0.05, 0) is 17.9 Å². The summed E-state index contributed by atoms with van der Waals surface area (Å²) in [4.78, 5) is 4.45. The van der Waals surface area contributed by atoms with Crippen molar-refractivity contribution in [3.8, 4) is 5.88 Å². The third kappa shape index (κ3) is 6.79. The van der Waals surface area contributed by atoms with Crippen LogP contribution in [0.3, 0.4) is 0 Å². The average molecular weight is 285 g/mol. The van der Waals surface area contributed by atoms with E-state index in [1.807, 2.05) is 12.1 Å². The third-order valence-corrected chi connectivity index (χ3v) is 3.02. The number of pyridine rings is 1. The van der Waals surface area contributed by atoms with E-state index in [4.69, 9.17) is 16.3 Å². The third-order valence-electron chi connectivity index (χ3n) is 2.67. The van der Waals surface area contributed by atoms with E-state index in [1.54, 1.807) is 0 Å². The molecule has 3 nitrogen and oxygen atoms in total. The predicted octanol–water partition coefficient (Wildman–Crippen LogP) is 4.05. The van der Waals surface area contributed by atoms with Crippen LogP contribution in [0, 0.1) is 5.41 Å². The quantitative estimate of drug-likeness (QED) is 0.856. The normalized spacial score (nSPS) is 11.9. The summed E-state index contributed by atoms with van der Waals surface area (Å²) in [7, 11) is 0. The highest BCUT2D eigenvalue weighted by Crippen LogP contribution is 2.21. The molecule has 0 unspecified atom stereocenters. The molecule has 0 saturated heterocycles. The van der Waals surface area contributed by atoms with Crippen molar-refractivity contribution >= 4 is 11.6 Å². The number of hydrogen-bond acceptors (Lipinski definition) is 3. The lowest BCUT2D eigenvalue weighted by Gasteiger charge is -2.18. The molecule has 108 valence electrons. The molecule has 1 heterocycles. The molecule has 1 aromatic rings. The number of hydrogen-bond donors (Lipinski definition) is 1. The van der Waals surface area contributed by atoms with E-state index in [0.717, 1.165) is 12.1 Å². The number of rotatable bonds is 6. The number of nitrogens with one attached hydrogen (secondary N) is 1. The molecule has 0 aromatic carbocycles. The van der Waals surface area contributed by atoms with Gasteiger partial charge >= 0.3 is 0 Å². The van der Waals surface area contributed by atoms with Gasteiger partial charge in [0.2, 0.25) is 5.88 Å². The van der Waals surface area contributed by atoms with Crippen molar-refractivity contribution < 1.29 is 4.74 Å². The molecule has 1 rings (SSSR count). The van der Waals surface area contributed by atoms with Crippen LogP contribution in [0.5, 0.6) is 5.88 Å². The maximum absolute atomic E-state index is 6.13. The van der Waals surface area contributed by atoms with Gasteiger partial charge in [-0.2, -0.15) is 0 Å². The zero-order chi connectivity index (χ0) is 14.5. The van der Waals surface area contributed by atoms with Gasteiger partial charge < -0.3 is 10.1 Å². The van der Waals surface area contributed by atoms with Gasteiger partial charge in [0.1, 0.15) is 0 Å². The Labute approximate surface area is 121 Å². The van der Waals surface area contributed by atoms with Crippen molar-refractivity contribution in [1.82, 2.24) is 10.3 Å². The average Bonchev–Trinajstić information content (AvgIpc) is 2.27. The van der Waals surface area contributed by atoms with E-state index in [1.165, 1.54) is 0 Å². The fourth-order valence-corrected chi connectivity index (χ4v) is 1.60. The molecule has 0 fully saturated rings. The molecule has 0 aliphatic heterocycles. The highest BCUT2D eigenvalue weighted by atomic mass is 35.5. The number of nitrogens with zero attached hydrogens (tertiary/aromatic N) is 1. The molecule has 0 aliphatic carbocycles. The number of ether oxygens (including phenoxy) is 1. The van der Waals surface area contributed by atoms with Crippen molar-refractivity contribution in [3.63, 3.8) is 0 Å². The molecule has 4 heteroatoms. The Bertz CT molecular complexity index is 400. The second kappa shape index (κ2) is 7.11. The first-order valence-electron chi connectivity index (χ1n) is 6.79. The molecule has 1 aromatic heterocycles. The minimum absolute atomic E-state index is 0.272. The van der Waals surface area contributed by atoms with Crippen LogP contribution in [0.1, 0.15) is 46.7 Å². The standard InChI is InChI=1S/C15H25ClN2O/c1-11(2)17-10-13-12(16)6-7-14(18-13)19-9-8-15(3,4)5/h6-7,11,17H,8-10H2,1-5H3. The lowest BCUT2D eigenvalue weighted by atomic mass is 9.93. The summed E-state index contributed by atoms with van der Waals surface area (Å²) in [5.41, 5.74) is 1.11. The molecule has 1 N–H and O–H groups in total. The Kier molecular flexibility index (Phi) is 6.08. The van der Waals surface area contributed by atoms with Crippen LogP contribution >= 0.6 is 11.6 Å². The van der Waals surface area contributed by atoms with Crippen molar-refractivity contribution in [3.05, 3.63) is 22.8 Å². The molecule has 0 saturated carbocycles. The monoisotopic (exact) mass is 284 g/mol. The summed E-state index contributed by atoms with van der Waals surface area (Å²) in [6.07, 6.45) is 0.997. The zero-order valence-electron chi connectivity index (χ0n) is 12.6. The first kappa shape index (κ1) is 16.3. The lowest BCUT2D eigenvalue weighted by molar-refractivity contribution is 0.236. The van der Waals surface area contributed by atoms with E-state index >= 15 is 0 Å². The van der Waals surface area contributed by atoms with Crippen molar-refractivity contribution in [1.29, 1.82) is 0 Å². The predicted molar refractivity (Wildman–Crippen MR) is 80.8 cm³/mol. The Morgan fingerprint density at radius 2 is 2.00 bits per heavy atom. The van der Waals surface area contributed by atoms with Gasteiger partial charge in [0.05, 0.1) is 17.3 Å². The number of aromatic nitrogens is 1. The zero-order valence-corrected chi connectivity index (χ0v) is 13.3. The second-order valence-corrected chi connectivity index (χ2v) is 6.68. The highest BCUT2D eigenvalue weighted by molar-refractivity contribution is 6.31. The van der Waals surface area contributed by atoms with E-state index in [2.05, 4.69) is 44.9 Å². The maximum atomic E-state index is 6.13. The Balaban J connectivity index is 2.57. The summed E-state index contributed by atoms with van der Waals surface area (Å²) in [6, 6.07) is 4.07. The fourth-order valence-electron chi connectivity index (χ4n) is 1.43. The molecule has 0 spiro atoms. The molecule has 0 radical (unpaired) electrons. The Hall–Kier alpha value is -0.800. The highest BCUT2D eigenvalue weighted by Gasteiger charge is 2.11. The maximum Gasteiger partial charge on any atom is 0.213 e. The first-order valence-corrected chi connectivity index (χ1v) is 7.17. The van der Waals surface area contributed by atoms with E-state index in [0.29, 0.717) is 30.1 Å². The van der Waals surface area contributed by atoms with Crippen LogP contribution in [-0.4, -0.2) is 17.6 Å². The van der Waals surface area contributed by atoms with Gasteiger partial charge in [-0.15, -0.1) is 0 Å². The summed E-state index contributed by atoms with van der Waals surface area (Å²) in [6.45, 7) is 12.1. The van der Waals surface area contributed by atoms with Gasteiger partial charge in [0, 0.05) is 18.7 Å². The molecule has 19 heavy (non-hydrogen) atoms. The molecule has 0 bridgehead atoms. The topological polar surface area (TPSA) is 34.2 Å². The molecular weight excluding hydrogens is 260 g/mol. The van der Waals surface area contributed by atoms with E-state index < -0.39 is 0 Å². The van der Waals surface area contributed by atoms with E-state index in [9.17, 15) is 0 Å². The fraction of sp³-hybridized carbons (Fsp3) is 0.667. The van der Waals surface area contributed by atoms with Crippen LogP contribution in [0.4, 0.5) is 0 Å². The van der Waals surface area contributed by atoms with Crippen LogP contribution in [0.15, 0.2) is 12.1 Å². The van der Waals surface area contributed by atoms with Crippen LogP contribution in [-0.2, 0) is 6.54 Å². The summed E-state index contributed by atoms with van der Waals surface area (Å²) < 4.78 is 5.69. The summed E-state index contributed by atoms with van der Waals surface area (Å²) in [5.74, 6) is 0.647. The first-order chi connectivity index (χ1) is 8.78. The molecule has 0 aliphatic rings. The van der Waals surface area contributed by atoms with Crippen LogP contribution in [0.25, 0.3) is 0 Å². The summed E-state index contributed by atoms with van der Waals surface area (Å²) in [5, 5.41) is 3.98. The molecule has 0 amide bonds. The summed E-state index contributed by atoms with van der Waals surface area (Å²) >= 11 is 6.13. The minimum Gasteiger partial charge on any atom is -0.478 e. The van der Waals surface area contributed by atoms with E-state index in [-0.39, 0.29) is 5.41 Å². The Morgan fingerprint density at radius 3 is 2.58 bits per heavy atom. The van der Waals surface area contributed by atoms with Crippen LogP contribution in [0.2, 0.25) is 5.02 Å². The molecular formula is C15H25ClN2O. The van der Waals surface area contributed by atoms with Gasteiger partial charge in [-0.3, -0.25) is 0 Å². The van der Waals surface area contributed by atoms with Gasteiger partial charge in [0.25, 0.3) is 0 Å². The van der Waals surface area contributed by atoms with Crippen molar-refractivity contribution in [2.24, 2.45) is 5.41 Å². The van der Waals surface area contributed by atoms with Crippen molar-refractivity contribution in [2.45, 2.75) is 53.6 Å². The second-order valence-electron chi connectivity index (χ2n) is 6.27. The van der Waals surface area contributed by atoms with Crippen molar-refractivity contribution in [2.75, 3.05) is 6.61 Å². The smallest absolute Gasteiger partial charge is 0.213 e. The van der Waals surface area contributed by atoms with Gasteiger partial charge in [0.15, 0.2) is 0 Å². The minimum atomic E-state index is 0.272.